The number of rotatable bonds is 5. The van der Waals surface area contributed by atoms with Crippen LogP contribution >= 0.6 is 0 Å². The van der Waals surface area contributed by atoms with Gasteiger partial charge in [-0.1, -0.05) is 0 Å². The molecule has 0 saturated heterocycles. The lowest BCUT2D eigenvalue weighted by Crippen LogP contribution is -2.39. The number of aromatic nitrogens is 3. The van der Waals surface area contributed by atoms with Gasteiger partial charge in [-0.15, -0.1) is 0 Å². The lowest BCUT2D eigenvalue weighted by Gasteiger charge is -2.24. The Balaban J connectivity index is 2.11. The Bertz CT molecular complexity index is 526. The lowest BCUT2D eigenvalue weighted by molar-refractivity contribution is 0.577. The summed E-state index contributed by atoms with van der Waals surface area (Å²) in [5.41, 5.74) is 6.36. The van der Waals surface area contributed by atoms with Crippen molar-refractivity contribution in [2.45, 2.75) is 19.4 Å². The van der Waals surface area contributed by atoms with Crippen LogP contribution in [0.3, 0.4) is 0 Å². The van der Waals surface area contributed by atoms with Gasteiger partial charge in [-0.2, -0.15) is 0 Å². The van der Waals surface area contributed by atoms with Crippen LogP contribution < -0.4 is 16.4 Å². The molecule has 6 heteroatoms. The van der Waals surface area contributed by atoms with Gasteiger partial charge in [-0.25, -0.2) is 9.97 Å². The van der Waals surface area contributed by atoms with Crippen LogP contribution in [-0.4, -0.2) is 27.0 Å². The van der Waals surface area contributed by atoms with E-state index in [0.29, 0.717) is 12.4 Å². The standard InChI is InChI=1S/C13H18N6/c1-13(2,8-14)19-12-6-11(16-9-17-12)18-10-4-3-5-15-7-10/h3-7,9H,8,14H2,1-2H3,(H2,16,17,18,19). The molecule has 0 atom stereocenters. The summed E-state index contributed by atoms with van der Waals surface area (Å²) in [6, 6.07) is 5.62. The number of nitrogens with one attached hydrogen (secondary N) is 2. The first kappa shape index (κ1) is 13.2. The molecule has 0 radical (unpaired) electrons. The maximum absolute atomic E-state index is 5.69. The summed E-state index contributed by atoms with van der Waals surface area (Å²) in [5, 5.41) is 6.43. The molecule has 2 aromatic rings. The summed E-state index contributed by atoms with van der Waals surface area (Å²) < 4.78 is 0. The first-order valence-electron chi connectivity index (χ1n) is 6.06. The van der Waals surface area contributed by atoms with Crippen molar-refractivity contribution in [1.82, 2.24) is 15.0 Å². The molecule has 6 nitrogen and oxygen atoms in total. The summed E-state index contributed by atoms with van der Waals surface area (Å²) >= 11 is 0. The molecule has 0 bridgehead atoms. The monoisotopic (exact) mass is 258 g/mol. The Morgan fingerprint density at radius 1 is 1.26 bits per heavy atom. The predicted octanol–water partition coefficient (Wildman–Crippen LogP) is 1.76. The summed E-state index contributed by atoms with van der Waals surface area (Å²) in [4.78, 5) is 12.4. The maximum Gasteiger partial charge on any atom is 0.135 e. The molecule has 0 saturated carbocycles. The van der Waals surface area contributed by atoms with E-state index >= 15 is 0 Å². The zero-order valence-electron chi connectivity index (χ0n) is 11.1. The van der Waals surface area contributed by atoms with Gasteiger partial charge in [0.15, 0.2) is 0 Å². The van der Waals surface area contributed by atoms with E-state index in [-0.39, 0.29) is 5.54 Å². The van der Waals surface area contributed by atoms with Crippen molar-refractivity contribution in [2.75, 3.05) is 17.2 Å². The van der Waals surface area contributed by atoms with Gasteiger partial charge >= 0.3 is 0 Å². The molecular weight excluding hydrogens is 240 g/mol. The van der Waals surface area contributed by atoms with E-state index in [2.05, 4.69) is 25.6 Å². The van der Waals surface area contributed by atoms with Gasteiger partial charge in [0.25, 0.3) is 0 Å². The van der Waals surface area contributed by atoms with E-state index in [1.807, 2.05) is 32.0 Å². The van der Waals surface area contributed by atoms with Crippen LogP contribution in [0.25, 0.3) is 0 Å². The molecule has 0 aromatic carbocycles. The molecule has 0 aliphatic rings. The number of pyridine rings is 1. The van der Waals surface area contributed by atoms with E-state index in [1.54, 1.807) is 12.4 Å². The van der Waals surface area contributed by atoms with Gasteiger partial charge in [-0.3, -0.25) is 4.98 Å². The third kappa shape index (κ3) is 3.89. The Morgan fingerprint density at radius 3 is 2.74 bits per heavy atom. The highest BCUT2D eigenvalue weighted by Crippen LogP contribution is 2.17. The number of anilines is 3. The van der Waals surface area contributed by atoms with Gasteiger partial charge in [0.1, 0.15) is 18.0 Å². The molecule has 4 N–H and O–H groups in total. The van der Waals surface area contributed by atoms with E-state index in [1.165, 1.54) is 6.33 Å². The van der Waals surface area contributed by atoms with Crippen molar-refractivity contribution in [2.24, 2.45) is 5.73 Å². The second-order valence-corrected chi connectivity index (χ2v) is 4.87. The number of nitrogens with zero attached hydrogens (tertiary/aromatic N) is 3. The van der Waals surface area contributed by atoms with Crippen LogP contribution in [0.15, 0.2) is 36.9 Å². The van der Waals surface area contributed by atoms with E-state index in [4.69, 9.17) is 5.73 Å². The molecule has 2 rings (SSSR count). The first-order chi connectivity index (χ1) is 9.09. The second-order valence-electron chi connectivity index (χ2n) is 4.87. The normalized spacial score (nSPS) is 11.1. The largest absolute Gasteiger partial charge is 0.364 e. The minimum absolute atomic E-state index is 0.208. The average Bonchev–Trinajstić information content (AvgIpc) is 2.40. The fourth-order valence-electron chi connectivity index (χ4n) is 1.48. The summed E-state index contributed by atoms with van der Waals surface area (Å²) in [6.07, 6.45) is 4.97. The van der Waals surface area contributed by atoms with Crippen LogP contribution in [0.1, 0.15) is 13.8 Å². The number of hydrogen-bond donors (Lipinski definition) is 3. The van der Waals surface area contributed by atoms with Crippen molar-refractivity contribution in [3.63, 3.8) is 0 Å². The summed E-state index contributed by atoms with van der Waals surface area (Å²) in [6.45, 7) is 4.55. The van der Waals surface area contributed by atoms with Crippen molar-refractivity contribution in [3.8, 4) is 0 Å². The molecule has 0 aliphatic heterocycles. The molecule has 2 heterocycles. The quantitative estimate of drug-likeness (QED) is 0.757. The van der Waals surface area contributed by atoms with Gasteiger partial charge in [0.2, 0.25) is 0 Å². The minimum Gasteiger partial charge on any atom is -0.364 e. The topological polar surface area (TPSA) is 88.8 Å². The highest BCUT2D eigenvalue weighted by Gasteiger charge is 2.15. The van der Waals surface area contributed by atoms with Crippen LogP contribution in [0.5, 0.6) is 0 Å². The van der Waals surface area contributed by atoms with Crippen LogP contribution in [0.4, 0.5) is 17.3 Å². The van der Waals surface area contributed by atoms with E-state index in [9.17, 15) is 0 Å². The highest BCUT2D eigenvalue weighted by molar-refractivity contribution is 5.57. The highest BCUT2D eigenvalue weighted by atomic mass is 15.1. The smallest absolute Gasteiger partial charge is 0.135 e. The molecule has 2 aromatic heterocycles. The molecule has 0 fully saturated rings. The van der Waals surface area contributed by atoms with Crippen molar-refractivity contribution < 1.29 is 0 Å². The van der Waals surface area contributed by atoms with Crippen LogP contribution in [-0.2, 0) is 0 Å². The Hall–Kier alpha value is -2.21. The number of nitrogens with two attached hydrogens (primary N) is 1. The predicted molar refractivity (Wildman–Crippen MR) is 76.3 cm³/mol. The summed E-state index contributed by atoms with van der Waals surface area (Å²) in [5.74, 6) is 1.44. The first-order valence-corrected chi connectivity index (χ1v) is 6.06. The summed E-state index contributed by atoms with van der Waals surface area (Å²) in [7, 11) is 0. The second kappa shape index (κ2) is 5.62. The molecule has 19 heavy (non-hydrogen) atoms. The SMILES string of the molecule is CC(C)(CN)Nc1cc(Nc2cccnc2)ncn1. The Kier molecular flexibility index (Phi) is 3.91. The van der Waals surface area contributed by atoms with Crippen molar-refractivity contribution >= 4 is 17.3 Å². The fraction of sp³-hybridized carbons (Fsp3) is 0.308. The third-order valence-corrected chi connectivity index (χ3v) is 2.58. The van der Waals surface area contributed by atoms with Crippen LogP contribution in [0.2, 0.25) is 0 Å². The third-order valence-electron chi connectivity index (χ3n) is 2.58. The number of hydrogen-bond acceptors (Lipinski definition) is 6. The van der Waals surface area contributed by atoms with E-state index < -0.39 is 0 Å². The minimum atomic E-state index is -0.208. The van der Waals surface area contributed by atoms with Gasteiger partial charge in [0.05, 0.1) is 11.9 Å². The van der Waals surface area contributed by atoms with Gasteiger partial charge < -0.3 is 16.4 Å². The lowest BCUT2D eigenvalue weighted by atomic mass is 10.1. The zero-order valence-corrected chi connectivity index (χ0v) is 11.1. The molecule has 0 aliphatic carbocycles. The fourth-order valence-corrected chi connectivity index (χ4v) is 1.48. The van der Waals surface area contributed by atoms with Gasteiger partial charge in [-0.05, 0) is 26.0 Å². The zero-order chi connectivity index (χ0) is 13.7. The Morgan fingerprint density at radius 2 is 2.05 bits per heavy atom. The van der Waals surface area contributed by atoms with Gasteiger partial charge in [0, 0.05) is 24.3 Å². The molecule has 0 spiro atoms. The maximum atomic E-state index is 5.69. The molecular formula is C13H18N6. The Labute approximate surface area is 112 Å². The average molecular weight is 258 g/mol. The molecule has 0 amide bonds. The molecule has 0 unspecified atom stereocenters. The van der Waals surface area contributed by atoms with E-state index in [0.717, 1.165) is 11.5 Å². The van der Waals surface area contributed by atoms with Crippen molar-refractivity contribution in [3.05, 3.63) is 36.9 Å². The van der Waals surface area contributed by atoms with Crippen LogP contribution in [0, 0.1) is 0 Å². The van der Waals surface area contributed by atoms with Crippen molar-refractivity contribution in [1.29, 1.82) is 0 Å². The molecule has 100 valence electrons.